The lowest BCUT2D eigenvalue weighted by molar-refractivity contribution is -0.385. The largest absolute Gasteiger partial charge is 0.478 e. The Morgan fingerprint density at radius 1 is 1.33 bits per heavy atom. The van der Waals surface area contributed by atoms with Crippen LogP contribution in [0.15, 0.2) is 28.7 Å². The maximum absolute atomic E-state index is 12.1. The number of benzene rings is 1. The third-order valence-corrected chi connectivity index (χ3v) is 3.55. The topological polar surface area (TPSA) is 123 Å². The lowest BCUT2D eigenvalue weighted by atomic mass is 10.1. The first kappa shape index (κ1) is 17.2. The van der Waals surface area contributed by atoms with E-state index >= 15 is 0 Å². The van der Waals surface area contributed by atoms with Gasteiger partial charge in [0.15, 0.2) is 0 Å². The van der Waals surface area contributed by atoms with Crippen LogP contribution in [-0.2, 0) is 13.0 Å². The van der Waals surface area contributed by atoms with E-state index in [1.807, 2.05) is 0 Å². The summed E-state index contributed by atoms with van der Waals surface area (Å²) < 4.78 is 5.26. The quantitative estimate of drug-likeness (QED) is 0.619. The van der Waals surface area contributed by atoms with Crippen LogP contribution >= 0.6 is 0 Å². The number of carbonyl (C=O) groups excluding carboxylic acids is 1. The van der Waals surface area contributed by atoms with Crippen LogP contribution in [0.2, 0.25) is 0 Å². The predicted molar refractivity (Wildman–Crippen MR) is 84.0 cm³/mol. The second-order valence-electron chi connectivity index (χ2n) is 5.12. The van der Waals surface area contributed by atoms with Crippen molar-refractivity contribution in [1.82, 2.24) is 5.32 Å². The Balaban J connectivity index is 2.13. The van der Waals surface area contributed by atoms with Gasteiger partial charge in [-0.15, -0.1) is 0 Å². The number of hydrogen-bond acceptors (Lipinski definition) is 5. The van der Waals surface area contributed by atoms with Crippen LogP contribution in [0.4, 0.5) is 5.69 Å². The zero-order chi connectivity index (χ0) is 17.9. The molecule has 0 spiro atoms. The summed E-state index contributed by atoms with van der Waals surface area (Å²) in [4.78, 5) is 33.6. The highest BCUT2D eigenvalue weighted by Crippen LogP contribution is 2.21. The van der Waals surface area contributed by atoms with E-state index in [1.54, 1.807) is 13.0 Å². The Labute approximate surface area is 137 Å². The second kappa shape index (κ2) is 6.95. The fraction of sp³-hybridized carbons (Fsp3) is 0.250. The molecule has 0 atom stereocenters. The molecule has 8 nitrogen and oxygen atoms in total. The van der Waals surface area contributed by atoms with Gasteiger partial charge in [0.05, 0.1) is 11.5 Å². The van der Waals surface area contributed by atoms with Crippen molar-refractivity contribution in [2.75, 3.05) is 0 Å². The van der Waals surface area contributed by atoms with Crippen LogP contribution in [0, 0.1) is 17.0 Å². The van der Waals surface area contributed by atoms with Gasteiger partial charge >= 0.3 is 5.97 Å². The van der Waals surface area contributed by atoms with Crippen molar-refractivity contribution in [2.24, 2.45) is 0 Å². The van der Waals surface area contributed by atoms with Gasteiger partial charge in [0.2, 0.25) is 0 Å². The van der Waals surface area contributed by atoms with Crippen LogP contribution in [0.25, 0.3) is 0 Å². The number of carbonyl (C=O) groups is 2. The maximum atomic E-state index is 12.1. The van der Waals surface area contributed by atoms with Gasteiger partial charge in [-0.2, -0.15) is 0 Å². The van der Waals surface area contributed by atoms with E-state index in [2.05, 4.69) is 5.32 Å². The van der Waals surface area contributed by atoms with E-state index < -0.39 is 16.8 Å². The smallest absolute Gasteiger partial charge is 0.339 e. The molecule has 0 saturated carbocycles. The Kier molecular flexibility index (Phi) is 4.98. The molecule has 0 aliphatic heterocycles. The lowest BCUT2D eigenvalue weighted by Crippen LogP contribution is -2.22. The van der Waals surface area contributed by atoms with Crippen LogP contribution in [-0.4, -0.2) is 21.9 Å². The molecule has 2 rings (SSSR count). The third-order valence-electron chi connectivity index (χ3n) is 3.55. The van der Waals surface area contributed by atoms with Gasteiger partial charge < -0.3 is 14.8 Å². The molecule has 2 N–H and O–H groups in total. The van der Waals surface area contributed by atoms with Crippen molar-refractivity contribution in [2.45, 2.75) is 26.8 Å². The monoisotopic (exact) mass is 332 g/mol. The summed E-state index contributed by atoms with van der Waals surface area (Å²) in [6.45, 7) is 3.29. The van der Waals surface area contributed by atoms with Crippen LogP contribution in [0.5, 0.6) is 0 Å². The SMILES string of the molecule is CCc1ccc(C(=O)NCc2cc(C(=O)O)c(C)o2)cc1[N+](=O)[O-]. The van der Waals surface area contributed by atoms with E-state index in [-0.39, 0.29) is 34.9 Å². The number of rotatable bonds is 6. The number of nitrogens with one attached hydrogen (secondary N) is 1. The highest BCUT2D eigenvalue weighted by molar-refractivity contribution is 5.95. The summed E-state index contributed by atoms with van der Waals surface area (Å²) in [5.74, 6) is -1.08. The van der Waals surface area contributed by atoms with Gasteiger partial charge in [0.25, 0.3) is 11.6 Å². The average Bonchev–Trinajstić information content (AvgIpc) is 2.93. The van der Waals surface area contributed by atoms with Crippen LogP contribution in [0.1, 0.15) is 44.7 Å². The van der Waals surface area contributed by atoms with Crippen molar-refractivity contribution < 1.29 is 24.0 Å². The summed E-state index contributed by atoms with van der Waals surface area (Å²) >= 11 is 0. The number of carboxylic acid groups (broad SMARTS) is 1. The molecule has 0 bridgehead atoms. The van der Waals surface area contributed by atoms with Crippen molar-refractivity contribution in [3.63, 3.8) is 0 Å². The first-order valence-corrected chi connectivity index (χ1v) is 7.21. The summed E-state index contributed by atoms with van der Waals surface area (Å²) in [6, 6.07) is 5.62. The van der Waals surface area contributed by atoms with Gasteiger partial charge in [-0.3, -0.25) is 14.9 Å². The first-order chi connectivity index (χ1) is 11.3. The fourth-order valence-corrected chi connectivity index (χ4v) is 2.29. The third kappa shape index (κ3) is 3.60. The molecule has 0 aliphatic carbocycles. The molecule has 0 saturated heterocycles. The summed E-state index contributed by atoms with van der Waals surface area (Å²) in [6.07, 6.45) is 0.488. The Hall–Kier alpha value is -3.16. The average molecular weight is 332 g/mol. The number of furan rings is 1. The molecular formula is C16H16N2O6. The first-order valence-electron chi connectivity index (χ1n) is 7.21. The van der Waals surface area contributed by atoms with E-state index in [0.717, 1.165) is 0 Å². The van der Waals surface area contributed by atoms with E-state index in [4.69, 9.17) is 9.52 Å². The lowest BCUT2D eigenvalue weighted by Gasteiger charge is -2.05. The fourth-order valence-electron chi connectivity index (χ4n) is 2.29. The molecule has 1 aromatic carbocycles. The zero-order valence-corrected chi connectivity index (χ0v) is 13.2. The molecule has 126 valence electrons. The minimum absolute atomic E-state index is 0.0176. The van der Waals surface area contributed by atoms with E-state index in [9.17, 15) is 19.7 Å². The Bertz CT molecular complexity index is 809. The van der Waals surface area contributed by atoms with Gasteiger partial charge in [-0.05, 0) is 25.5 Å². The highest BCUT2D eigenvalue weighted by Gasteiger charge is 2.18. The molecule has 0 aliphatic rings. The predicted octanol–water partition coefficient (Wildman–Crippen LogP) is 2.69. The van der Waals surface area contributed by atoms with Crippen LogP contribution < -0.4 is 5.32 Å². The van der Waals surface area contributed by atoms with E-state index in [0.29, 0.717) is 12.0 Å². The van der Waals surface area contributed by atoms with E-state index in [1.165, 1.54) is 25.1 Å². The molecule has 1 amide bonds. The normalized spacial score (nSPS) is 10.4. The van der Waals surface area contributed by atoms with Crippen molar-refractivity contribution >= 4 is 17.6 Å². The minimum Gasteiger partial charge on any atom is -0.478 e. The van der Waals surface area contributed by atoms with Gasteiger partial charge in [0.1, 0.15) is 17.1 Å². The zero-order valence-electron chi connectivity index (χ0n) is 13.2. The molecule has 2 aromatic rings. The van der Waals surface area contributed by atoms with Crippen molar-refractivity contribution in [3.05, 3.63) is 62.6 Å². The number of amides is 1. The summed E-state index contributed by atoms with van der Waals surface area (Å²) in [7, 11) is 0. The Morgan fingerprint density at radius 3 is 2.58 bits per heavy atom. The second-order valence-corrected chi connectivity index (χ2v) is 5.12. The molecule has 0 radical (unpaired) electrons. The number of carboxylic acids is 1. The molecule has 0 fully saturated rings. The van der Waals surface area contributed by atoms with Crippen molar-refractivity contribution in [1.29, 1.82) is 0 Å². The van der Waals surface area contributed by atoms with Crippen LogP contribution in [0.3, 0.4) is 0 Å². The summed E-state index contributed by atoms with van der Waals surface area (Å²) in [5.41, 5.74) is 0.624. The molecule has 1 aromatic heterocycles. The molecule has 24 heavy (non-hydrogen) atoms. The van der Waals surface area contributed by atoms with Gasteiger partial charge in [-0.25, -0.2) is 4.79 Å². The number of nitro benzene ring substituents is 1. The number of aromatic carboxylic acids is 1. The van der Waals surface area contributed by atoms with Gasteiger partial charge in [-0.1, -0.05) is 13.0 Å². The molecule has 8 heteroatoms. The maximum Gasteiger partial charge on any atom is 0.339 e. The molecule has 1 heterocycles. The highest BCUT2D eigenvalue weighted by atomic mass is 16.6. The van der Waals surface area contributed by atoms with Gasteiger partial charge in [0, 0.05) is 17.2 Å². The number of hydrogen-bond donors (Lipinski definition) is 2. The number of nitro groups is 1. The molecular weight excluding hydrogens is 316 g/mol. The molecule has 0 unspecified atom stereocenters. The standard InChI is InChI=1S/C16H16N2O6/c1-3-10-4-5-11(6-14(10)18(22)23)15(19)17-8-12-7-13(16(20)21)9(2)24-12/h4-7H,3,8H2,1-2H3,(H,17,19)(H,20,21). The van der Waals surface area contributed by atoms with Crippen molar-refractivity contribution in [3.8, 4) is 0 Å². The minimum atomic E-state index is -1.11. The number of aryl methyl sites for hydroxylation is 2. The summed E-state index contributed by atoms with van der Waals surface area (Å²) in [5, 5.41) is 22.5. The Morgan fingerprint density at radius 2 is 2.04 bits per heavy atom. The number of nitrogens with zero attached hydrogens (tertiary/aromatic N) is 1.